The van der Waals surface area contributed by atoms with Crippen molar-refractivity contribution in [2.45, 2.75) is 26.7 Å². The van der Waals surface area contributed by atoms with Crippen LogP contribution in [0.3, 0.4) is 0 Å². The lowest BCUT2D eigenvalue weighted by molar-refractivity contribution is -0.146. The Balaban J connectivity index is 3.00. The number of esters is 2. The molecule has 6 nitrogen and oxygen atoms in total. The van der Waals surface area contributed by atoms with Gasteiger partial charge in [-0.2, -0.15) is 0 Å². The third-order valence-electron chi connectivity index (χ3n) is 2.95. The average Bonchev–Trinajstić information content (AvgIpc) is 2.53. The third kappa shape index (κ3) is 5.94. The minimum Gasteiger partial charge on any atom is -0.466 e. The number of carbonyl (C=O) groups is 3. The zero-order valence-electron chi connectivity index (χ0n) is 13.3. The molecular weight excluding hydrogens is 298 g/mol. The molecule has 0 aromatic heterocycles. The van der Waals surface area contributed by atoms with E-state index in [0.29, 0.717) is 5.56 Å². The first kappa shape index (κ1) is 18.4. The van der Waals surface area contributed by atoms with E-state index in [1.54, 1.807) is 38.1 Å². The molecule has 0 unspecified atom stereocenters. The maximum Gasteiger partial charge on any atom is 0.336 e. The van der Waals surface area contributed by atoms with Gasteiger partial charge in [0.05, 0.1) is 18.8 Å². The number of Topliss-reactive ketones (excluding diaryl/α,β-unsaturated/α-hetero) is 1. The van der Waals surface area contributed by atoms with Crippen LogP contribution < -0.4 is 5.73 Å². The smallest absolute Gasteiger partial charge is 0.336 e. The van der Waals surface area contributed by atoms with Crippen LogP contribution in [0.5, 0.6) is 0 Å². The Bertz CT molecular complexity index is 592. The van der Waals surface area contributed by atoms with E-state index in [2.05, 4.69) is 0 Å². The molecule has 0 heterocycles. The minimum atomic E-state index is -0.661. The first-order valence-electron chi connectivity index (χ1n) is 7.38. The first-order chi connectivity index (χ1) is 11.0. The van der Waals surface area contributed by atoms with Crippen LogP contribution in [0.1, 0.15) is 32.3 Å². The highest BCUT2D eigenvalue weighted by Crippen LogP contribution is 2.18. The van der Waals surface area contributed by atoms with E-state index in [1.165, 1.54) is 0 Å². The van der Waals surface area contributed by atoms with Crippen molar-refractivity contribution in [3.63, 3.8) is 0 Å². The van der Waals surface area contributed by atoms with Crippen LogP contribution in [0, 0.1) is 0 Å². The maximum absolute atomic E-state index is 12.1. The summed E-state index contributed by atoms with van der Waals surface area (Å²) >= 11 is 0. The number of nitrogens with two attached hydrogens (primary N) is 1. The molecule has 1 aromatic carbocycles. The van der Waals surface area contributed by atoms with E-state index < -0.39 is 24.1 Å². The molecule has 0 aliphatic rings. The third-order valence-corrected chi connectivity index (χ3v) is 2.95. The number of rotatable bonds is 8. The first-order valence-corrected chi connectivity index (χ1v) is 7.38. The number of hydrogen-bond donors (Lipinski definition) is 1. The number of carbonyl (C=O) groups excluding carboxylic acids is 3. The number of ether oxygens (including phenoxy) is 2. The van der Waals surface area contributed by atoms with Crippen molar-refractivity contribution < 1.29 is 23.9 Å². The SMILES string of the molecule is CCOC(=O)CC(=O)C/C(C(=O)OCC)=C(\N)c1ccccc1. The summed E-state index contributed by atoms with van der Waals surface area (Å²) in [5.74, 6) is -1.74. The van der Waals surface area contributed by atoms with Gasteiger partial charge in [-0.25, -0.2) is 4.79 Å². The van der Waals surface area contributed by atoms with Crippen LogP contribution in [-0.2, 0) is 23.9 Å². The second-order valence-electron chi connectivity index (χ2n) is 4.68. The van der Waals surface area contributed by atoms with E-state index in [4.69, 9.17) is 15.2 Å². The Labute approximate surface area is 135 Å². The molecular formula is C17H21NO5. The monoisotopic (exact) mass is 319 g/mol. The van der Waals surface area contributed by atoms with Crippen LogP contribution >= 0.6 is 0 Å². The normalized spacial score (nSPS) is 11.4. The second kappa shape index (κ2) is 9.40. The molecule has 0 fully saturated rings. The number of hydrogen-bond acceptors (Lipinski definition) is 6. The average molecular weight is 319 g/mol. The highest BCUT2D eigenvalue weighted by atomic mass is 16.5. The minimum absolute atomic E-state index is 0.0485. The van der Waals surface area contributed by atoms with Crippen molar-refractivity contribution in [2.75, 3.05) is 13.2 Å². The van der Waals surface area contributed by atoms with Crippen molar-refractivity contribution >= 4 is 23.4 Å². The van der Waals surface area contributed by atoms with Gasteiger partial charge in [-0.3, -0.25) is 9.59 Å². The van der Waals surface area contributed by atoms with Gasteiger partial charge < -0.3 is 15.2 Å². The Hall–Kier alpha value is -2.63. The van der Waals surface area contributed by atoms with Crippen molar-refractivity contribution in [1.82, 2.24) is 0 Å². The summed E-state index contributed by atoms with van der Waals surface area (Å²) in [7, 11) is 0. The fourth-order valence-corrected chi connectivity index (χ4v) is 1.92. The summed E-state index contributed by atoms with van der Waals surface area (Å²) in [4.78, 5) is 35.4. The van der Waals surface area contributed by atoms with Crippen molar-refractivity contribution in [3.05, 3.63) is 41.5 Å². The van der Waals surface area contributed by atoms with Gasteiger partial charge in [0.15, 0.2) is 0 Å². The largest absolute Gasteiger partial charge is 0.466 e. The van der Waals surface area contributed by atoms with Crippen LogP contribution in [0.15, 0.2) is 35.9 Å². The molecule has 0 saturated heterocycles. The number of benzene rings is 1. The van der Waals surface area contributed by atoms with Crippen LogP contribution in [0.2, 0.25) is 0 Å². The van der Waals surface area contributed by atoms with E-state index in [1.807, 2.05) is 6.07 Å². The number of ketones is 1. The van der Waals surface area contributed by atoms with Crippen molar-refractivity contribution in [1.29, 1.82) is 0 Å². The van der Waals surface area contributed by atoms with Gasteiger partial charge in [-0.1, -0.05) is 30.3 Å². The Morgan fingerprint density at radius 3 is 2.13 bits per heavy atom. The van der Waals surface area contributed by atoms with Gasteiger partial charge in [0.25, 0.3) is 0 Å². The fraction of sp³-hybridized carbons (Fsp3) is 0.353. The van der Waals surface area contributed by atoms with Gasteiger partial charge >= 0.3 is 11.9 Å². The molecule has 0 aliphatic heterocycles. The van der Waals surface area contributed by atoms with Gasteiger partial charge in [0, 0.05) is 12.1 Å². The molecule has 0 aliphatic carbocycles. The molecule has 0 amide bonds. The fourth-order valence-electron chi connectivity index (χ4n) is 1.92. The second-order valence-corrected chi connectivity index (χ2v) is 4.68. The molecule has 2 N–H and O–H groups in total. The molecule has 1 aromatic rings. The lowest BCUT2D eigenvalue weighted by Gasteiger charge is -2.11. The van der Waals surface area contributed by atoms with Gasteiger partial charge in [0.2, 0.25) is 0 Å². The van der Waals surface area contributed by atoms with Gasteiger partial charge in [0.1, 0.15) is 12.2 Å². The topological polar surface area (TPSA) is 95.7 Å². The van der Waals surface area contributed by atoms with Crippen molar-refractivity contribution in [3.8, 4) is 0 Å². The summed E-state index contributed by atoms with van der Waals surface area (Å²) in [6.45, 7) is 3.67. The molecule has 0 bridgehead atoms. The van der Waals surface area contributed by atoms with Gasteiger partial charge in [-0.05, 0) is 19.4 Å². The highest BCUT2D eigenvalue weighted by molar-refractivity contribution is 6.05. The molecule has 0 radical (unpaired) electrons. The summed E-state index contributed by atoms with van der Waals surface area (Å²) in [5.41, 5.74) is 6.85. The molecule has 6 heteroatoms. The molecule has 0 saturated carbocycles. The predicted molar refractivity (Wildman–Crippen MR) is 85.1 cm³/mol. The molecule has 0 spiro atoms. The summed E-state index contributed by atoms with van der Waals surface area (Å²) in [5, 5.41) is 0. The maximum atomic E-state index is 12.1. The molecule has 0 atom stereocenters. The van der Waals surface area contributed by atoms with E-state index in [0.717, 1.165) is 0 Å². The molecule has 1 rings (SSSR count). The zero-order chi connectivity index (χ0) is 17.2. The molecule has 124 valence electrons. The van der Waals surface area contributed by atoms with E-state index in [-0.39, 0.29) is 30.9 Å². The Kier molecular flexibility index (Phi) is 7.53. The quantitative estimate of drug-likeness (QED) is 0.446. The standard InChI is InChI=1S/C17H21NO5/c1-3-22-15(20)11-13(19)10-14(17(21)23-4-2)16(18)12-8-6-5-7-9-12/h5-9H,3-4,10-11,18H2,1-2H3/b16-14+. The van der Waals surface area contributed by atoms with E-state index >= 15 is 0 Å². The summed E-state index contributed by atoms with van der Waals surface area (Å²) in [6.07, 6.45) is -0.683. The zero-order valence-corrected chi connectivity index (χ0v) is 13.3. The van der Waals surface area contributed by atoms with E-state index in [9.17, 15) is 14.4 Å². The lowest BCUT2D eigenvalue weighted by Crippen LogP contribution is -2.19. The predicted octanol–water partition coefficient (Wildman–Crippen LogP) is 1.83. The van der Waals surface area contributed by atoms with Crippen LogP contribution in [0.4, 0.5) is 0 Å². The molecule has 23 heavy (non-hydrogen) atoms. The lowest BCUT2D eigenvalue weighted by atomic mass is 10.0. The Morgan fingerprint density at radius 1 is 0.957 bits per heavy atom. The highest BCUT2D eigenvalue weighted by Gasteiger charge is 2.21. The van der Waals surface area contributed by atoms with Crippen molar-refractivity contribution in [2.24, 2.45) is 5.73 Å². The summed E-state index contributed by atoms with van der Waals surface area (Å²) in [6, 6.07) is 8.80. The Morgan fingerprint density at radius 2 is 1.57 bits per heavy atom. The summed E-state index contributed by atoms with van der Waals surface area (Å²) < 4.78 is 9.68. The van der Waals surface area contributed by atoms with Gasteiger partial charge in [-0.15, -0.1) is 0 Å². The van der Waals surface area contributed by atoms with Crippen LogP contribution in [-0.4, -0.2) is 30.9 Å². The van der Waals surface area contributed by atoms with Crippen LogP contribution in [0.25, 0.3) is 5.70 Å².